The van der Waals surface area contributed by atoms with Crippen LogP contribution in [0.1, 0.15) is 41.5 Å². The molecule has 0 spiro atoms. The van der Waals surface area contributed by atoms with Crippen LogP contribution in [-0.2, 0) is 9.68 Å². The van der Waals surface area contributed by atoms with Crippen molar-refractivity contribution in [3.05, 3.63) is 24.3 Å². The van der Waals surface area contributed by atoms with Crippen molar-refractivity contribution in [2.75, 3.05) is 5.23 Å². The second kappa shape index (κ2) is 4.69. The fraction of sp³-hybridized carbons (Fsp3) is 0.600. The van der Waals surface area contributed by atoms with Crippen LogP contribution in [0.15, 0.2) is 24.3 Å². The van der Waals surface area contributed by atoms with E-state index in [4.69, 9.17) is 14.4 Å². The molecule has 4 nitrogen and oxygen atoms in total. The molecule has 1 fully saturated rings. The molecule has 1 saturated heterocycles. The average Bonchev–Trinajstić information content (AvgIpc) is 2.48. The van der Waals surface area contributed by atoms with E-state index in [1.54, 1.807) is 0 Å². The Labute approximate surface area is 115 Å². The molecular weight excluding hydrogens is 242 g/mol. The largest absolute Gasteiger partial charge is 0.489 e. The Morgan fingerprint density at radius 1 is 1.00 bits per heavy atom. The van der Waals surface area contributed by atoms with Crippen molar-refractivity contribution < 1.29 is 14.4 Å². The first-order valence-corrected chi connectivity index (χ1v) is 6.67. The molecule has 4 heteroatoms. The second-order valence-corrected chi connectivity index (χ2v) is 6.09. The van der Waals surface area contributed by atoms with Crippen LogP contribution in [0.5, 0.6) is 5.75 Å². The highest BCUT2D eigenvalue weighted by atomic mass is 17.0. The summed E-state index contributed by atoms with van der Waals surface area (Å²) in [6, 6.07) is 7.72. The number of hydrogen-bond acceptors (Lipinski definition) is 4. The molecule has 106 valence electrons. The lowest BCUT2D eigenvalue weighted by Gasteiger charge is -2.26. The predicted molar refractivity (Wildman–Crippen MR) is 75.0 cm³/mol. The Balaban J connectivity index is 2.29. The van der Waals surface area contributed by atoms with Gasteiger partial charge in [-0.1, -0.05) is 12.1 Å². The smallest absolute Gasteiger partial charge is 0.148 e. The molecule has 2 rings (SSSR count). The molecule has 0 aliphatic carbocycles. The molecule has 19 heavy (non-hydrogen) atoms. The van der Waals surface area contributed by atoms with Gasteiger partial charge in [0.25, 0.3) is 0 Å². The van der Waals surface area contributed by atoms with Crippen molar-refractivity contribution in [1.29, 1.82) is 0 Å². The van der Waals surface area contributed by atoms with Gasteiger partial charge < -0.3 is 4.74 Å². The molecule has 1 aliphatic rings. The number of hydrogen-bond donors (Lipinski definition) is 0. The van der Waals surface area contributed by atoms with Gasteiger partial charge in [0.05, 0.1) is 6.10 Å². The lowest BCUT2D eigenvalue weighted by atomic mass is 9.90. The molecule has 0 bridgehead atoms. The molecule has 0 amide bonds. The van der Waals surface area contributed by atoms with Gasteiger partial charge >= 0.3 is 0 Å². The van der Waals surface area contributed by atoms with Crippen LogP contribution in [0.2, 0.25) is 0 Å². The minimum absolute atomic E-state index is 0.102. The maximum absolute atomic E-state index is 5.90. The summed E-state index contributed by atoms with van der Waals surface area (Å²) >= 11 is 0. The van der Waals surface area contributed by atoms with Crippen LogP contribution in [0.3, 0.4) is 0 Å². The number of benzene rings is 1. The Bertz CT molecular complexity index is 438. The van der Waals surface area contributed by atoms with Gasteiger partial charge in [0.15, 0.2) is 0 Å². The minimum Gasteiger partial charge on any atom is -0.489 e. The number of ether oxygens (including phenoxy) is 1. The van der Waals surface area contributed by atoms with Gasteiger partial charge in [-0.05, 0) is 53.7 Å². The second-order valence-electron chi connectivity index (χ2n) is 6.09. The summed E-state index contributed by atoms with van der Waals surface area (Å²) in [6.07, 6.45) is 0.102. The van der Waals surface area contributed by atoms with Crippen molar-refractivity contribution in [1.82, 2.24) is 0 Å². The van der Waals surface area contributed by atoms with Gasteiger partial charge in [0.2, 0.25) is 0 Å². The zero-order valence-corrected chi connectivity index (χ0v) is 12.6. The van der Waals surface area contributed by atoms with Crippen molar-refractivity contribution in [2.45, 2.75) is 58.8 Å². The van der Waals surface area contributed by atoms with E-state index in [9.17, 15) is 0 Å². The van der Waals surface area contributed by atoms with Crippen molar-refractivity contribution in [3.63, 3.8) is 0 Å². The molecule has 1 heterocycles. The van der Waals surface area contributed by atoms with E-state index >= 15 is 0 Å². The summed E-state index contributed by atoms with van der Waals surface area (Å²) in [6.45, 7) is 12.0. The Kier molecular flexibility index (Phi) is 3.49. The first-order chi connectivity index (χ1) is 8.73. The average molecular weight is 265 g/mol. The third-order valence-electron chi connectivity index (χ3n) is 3.50. The summed E-state index contributed by atoms with van der Waals surface area (Å²) in [4.78, 5) is 11.8. The van der Waals surface area contributed by atoms with Gasteiger partial charge in [-0.2, -0.15) is 0 Å². The molecule has 0 unspecified atom stereocenters. The number of nitrogens with zero attached hydrogens (tertiary/aromatic N) is 1. The topological polar surface area (TPSA) is 30.9 Å². The SMILES string of the molecule is CC(C)Oc1ccccc1N1OC(C)(C)C(C)(C)O1. The Morgan fingerprint density at radius 3 is 2.05 bits per heavy atom. The lowest BCUT2D eigenvalue weighted by molar-refractivity contribution is -0.0285. The highest BCUT2D eigenvalue weighted by molar-refractivity contribution is 5.55. The highest BCUT2D eigenvalue weighted by Gasteiger charge is 2.50. The van der Waals surface area contributed by atoms with Crippen LogP contribution in [0.25, 0.3) is 0 Å². The monoisotopic (exact) mass is 265 g/mol. The van der Waals surface area contributed by atoms with Gasteiger partial charge in [-0.15, -0.1) is 5.23 Å². The predicted octanol–water partition coefficient (Wildman–Crippen LogP) is 3.71. The summed E-state index contributed by atoms with van der Waals surface area (Å²) in [5, 5.41) is 1.47. The molecule has 0 N–H and O–H groups in total. The third kappa shape index (κ3) is 2.69. The van der Waals surface area contributed by atoms with Crippen LogP contribution in [0.4, 0.5) is 5.69 Å². The number of para-hydroxylation sites is 2. The van der Waals surface area contributed by atoms with Gasteiger partial charge in [0, 0.05) is 0 Å². The Morgan fingerprint density at radius 2 is 1.53 bits per heavy atom. The summed E-state index contributed by atoms with van der Waals surface area (Å²) in [5.41, 5.74) is -0.0227. The van der Waals surface area contributed by atoms with Crippen LogP contribution in [-0.4, -0.2) is 17.3 Å². The van der Waals surface area contributed by atoms with Gasteiger partial charge in [-0.25, -0.2) is 9.68 Å². The Hall–Kier alpha value is -1.26. The van der Waals surface area contributed by atoms with E-state index in [0.29, 0.717) is 0 Å². The standard InChI is InChI=1S/C15H23NO3/c1-11(2)17-13-10-8-7-9-12(13)16-18-14(3,4)15(5,6)19-16/h7-11H,1-6H3. The van der Waals surface area contributed by atoms with E-state index in [2.05, 4.69) is 0 Å². The maximum atomic E-state index is 5.90. The van der Waals surface area contributed by atoms with Gasteiger partial charge in [0.1, 0.15) is 22.6 Å². The van der Waals surface area contributed by atoms with Crippen LogP contribution < -0.4 is 9.96 Å². The first kappa shape index (κ1) is 14.2. The number of anilines is 1. The number of rotatable bonds is 3. The molecule has 0 aromatic heterocycles. The lowest BCUT2D eigenvalue weighted by Crippen LogP contribution is -2.41. The minimum atomic E-state index is -0.405. The molecule has 1 aliphatic heterocycles. The van der Waals surface area contributed by atoms with E-state index < -0.39 is 11.2 Å². The summed E-state index contributed by atoms with van der Waals surface area (Å²) in [5.74, 6) is 0.756. The van der Waals surface area contributed by atoms with Crippen molar-refractivity contribution in [2.24, 2.45) is 0 Å². The molecule has 0 atom stereocenters. The zero-order valence-electron chi connectivity index (χ0n) is 12.6. The molecule has 1 aromatic carbocycles. The first-order valence-electron chi connectivity index (χ1n) is 6.67. The van der Waals surface area contributed by atoms with Gasteiger partial charge in [-0.3, -0.25) is 0 Å². The highest BCUT2D eigenvalue weighted by Crippen LogP contribution is 2.42. The maximum Gasteiger partial charge on any atom is 0.148 e. The zero-order chi connectivity index (χ0) is 14.3. The van der Waals surface area contributed by atoms with E-state index in [0.717, 1.165) is 11.4 Å². The van der Waals surface area contributed by atoms with E-state index in [-0.39, 0.29) is 6.10 Å². The molecule has 0 saturated carbocycles. The third-order valence-corrected chi connectivity index (χ3v) is 3.50. The van der Waals surface area contributed by atoms with Crippen LogP contribution >= 0.6 is 0 Å². The summed E-state index contributed by atoms with van der Waals surface area (Å²) < 4.78 is 5.79. The van der Waals surface area contributed by atoms with E-state index in [1.807, 2.05) is 65.8 Å². The van der Waals surface area contributed by atoms with Crippen LogP contribution in [0, 0.1) is 0 Å². The molecular formula is C15H23NO3. The van der Waals surface area contributed by atoms with Crippen molar-refractivity contribution in [3.8, 4) is 5.75 Å². The summed E-state index contributed by atoms with van der Waals surface area (Å²) in [7, 11) is 0. The fourth-order valence-electron chi connectivity index (χ4n) is 1.71. The molecule has 1 aromatic rings. The quantitative estimate of drug-likeness (QED) is 0.833. The van der Waals surface area contributed by atoms with E-state index in [1.165, 1.54) is 5.23 Å². The van der Waals surface area contributed by atoms with Crippen molar-refractivity contribution >= 4 is 5.69 Å². The normalized spacial score (nSPS) is 20.9. The fourth-order valence-corrected chi connectivity index (χ4v) is 1.71. The molecule has 0 radical (unpaired) electrons.